The Morgan fingerprint density at radius 2 is 1.88 bits per heavy atom. The number of aromatic nitrogens is 1. The Morgan fingerprint density at radius 3 is 2.44 bits per heavy atom. The van der Waals surface area contributed by atoms with Gasteiger partial charge < -0.3 is 9.84 Å². The van der Waals surface area contributed by atoms with E-state index in [1.807, 2.05) is 6.92 Å². The monoisotopic (exact) mass is 256 g/mol. The van der Waals surface area contributed by atoms with Crippen LogP contribution in [0.4, 0.5) is 5.69 Å². The molecule has 2 rings (SSSR count). The second-order valence-corrected chi connectivity index (χ2v) is 4.12. The topological polar surface area (TPSA) is 38.1 Å². The molecule has 0 spiro atoms. The fraction of sp³-hybridized carbons (Fsp3) is 0.182. The molecule has 5 heteroatoms. The molecule has 0 saturated heterocycles. The van der Waals surface area contributed by atoms with Crippen molar-refractivity contribution in [2.45, 2.75) is 6.92 Å². The van der Waals surface area contributed by atoms with Gasteiger partial charge in [-0.15, -0.1) is 0 Å². The molecule has 0 atom stereocenters. The number of anilines is 1. The van der Waals surface area contributed by atoms with Crippen molar-refractivity contribution in [2.75, 3.05) is 12.4 Å². The maximum atomic E-state index is 6.11. The third-order valence-electron chi connectivity index (χ3n) is 2.31. The Bertz CT molecular complexity index is 502. The van der Waals surface area contributed by atoms with Crippen LogP contribution in [-0.4, -0.2) is 12.2 Å². The third-order valence-corrected chi connectivity index (χ3v) is 2.94. The van der Waals surface area contributed by atoms with Gasteiger partial charge in [0, 0.05) is 12.6 Å². The summed E-state index contributed by atoms with van der Waals surface area (Å²) in [6.45, 7) is 1.83. The van der Waals surface area contributed by atoms with Crippen LogP contribution >= 0.6 is 23.2 Å². The number of benzene rings is 1. The second-order valence-electron chi connectivity index (χ2n) is 3.31. The van der Waals surface area contributed by atoms with Crippen LogP contribution in [-0.2, 0) is 0 Å². The van der Waals surface area contributed by atoms with Gasteiger partial charge in [0.05, 0.1) is 10.0 Å². The summed E-state index contributed by atoms with van der Waals surface area (Å²) >= 11 is 12.2. The average molecular weight is 257 g/mol. The molecule has 0 aliphatic heterocycles. The van der Waals surface area contributed by atoms with Crippen LogP contribution in [0.5, 0.6) is 0 Å². The predicted molar refractivity (Wildman–Crippen MR) is 66.2 cm³/mol. The highest BCUT2D eigenvalue weighted by molar-refractivity contribution is 6.39. The fourth-order valence-corrected chi connectivity index (χ4v) is 2.14. The zero-order valence-electron chi connectivity index (χ0n) is 8.84. The van der Waals surface area contributed by atoms with E-state index in [2.05, 4.69) is 10.5 Å². The van der Waals surface area contributed by atoms with Crippen molar-refractivity contribution in [1.82, 2.24) is 5.16 Å². The summed E-state index contributed by atoms with van der Waals surface area (Å²) in [5.74, 6) is 0.702. The molecule has 1 N–H and O–H groups in total. The summed E-state index contributed by atoms with van der Waals surface area (Å²) in [5.41, 5.74) is 2.12. The minimum Gasteiger partial charge on any atom is -0.383 e. The highest BCUT2D eigenvalue weighted by Crippen LogP contribution is 2.38. The molecule has 2 aromatic rings. The minimum absolute atomic E-state index is 0.553. The van der Waals surface area contributed by atoms with E-state index in [9.17, 15) is 0 Å². The first kappa shape index (κ1) is 11.3. The van der Waals surface area contributed by atoms with Crippen LogP contribution in [0.2, 0.25) is 10.0 Å². The van der Waals surface area contributed by atoms with E-state index in [4.69, 9.17) is 27.7 Å². The molecular weight excluding hydrogens is 247 g/mol. The molecule has 0 fully saturated rings. The summed E-state index contributed by atoms with van der Waals surface area (Å²) in [4.78, 5) is 0. The van der Waals surface area contributed by atoms with E-state index < -0.39 is 0 Å². The molecule has 84 valence electrons. The van der Waals surface area contributed by atoms with Gasteiger partial charge >= 0.3 is 0 Å². The molecule has 0 aliphatic rings. The Labute approximate surface area is 103 Å². The molecule has 0 unspecified atom stereocenters. The van der Waals surface area contributed by atoms with Crippen molar-refractivity contribution in [2.24, 2.45) is 0 Å². The number of aryl methyl sites for hydroxylation is 1. The lowest BCUT2D eigenvalue weighted by Gasteiger charge is -2.05. The molecule has 1 aromatic carbocycles. The van der Waals surface area contributed by atoms with Crippen molar-refractivity contribution >= 4 is 28.9 Å². The normalized spacial score (nSPS) is 10.5. The molecule has 0 radical (unpaired) electrons. The van der Waals surface area contributed by atoms with Crippen LogP contribution in [0.1, 0.15) is 5.76 Å². The largest absolute Gasteiger partial charge is 0.383 e. The van der Waals surface area contributed by atoms with Gasteiger partial charge in [0.15, 0.2) is 5.76 Å². The number of rotatable bonds is 2. The van der Waals surface area contributed by atoms with E-state index in [0.29, 0.717) is 27.1 Å². The molecule has 3 nitrogen and oxygen atoms in total. The highest BCUT2D eigenvalue weighted by Gasteiger charge is 2.18. The van der Waals surface area contributed by atoms with E-state index in [1.54, 1.807) is 25.2 Å². The van der Waals surface area contributed by atoms with Crippen molar-refractivity contribution in [3.8, 4) is 11.3 Å². The van der Waals surface area contributed by atoms with Gasteiger partial charge in [-0.05, 0) is 19.1 Å². The van der Waals surface area contributed by atoms with Gasteiger partial charge in [-0.3, -0.25) is 0 Å². The van der Waals surface area contributed by atoms with E-state index in [0.717, 1.165) is 5.69 Å². The fourth-order valence-electron chi connectivity index (χ4n) is 1.56. The van der Waals surface area contributed by atoms with E-state index in [1.165, 1.54) is 0 Å². The first-order valence-electron chi connectivity index (χ1n) is 4.73. The third kappa shape index (κ3) is 1.77. The van der Waals surface area contributed by atoms with Crippen LogP contribution in [0, 0.1) is 6.92 Å². The zero-order chi connectivity index (χ0) is 11.7. The molecular formula is C11H10Cl2N2O. The first-order valence-corrected chi connectivity index (χ1v) is 5.49. The van der Waals surface area contributed by atoms with Gasteiger partial charge in [0.1, 0.15) is 11.4 Å². The first-order chi connectivity index (χ1) is 7.65. The van der Waals surface area contributed by atoms with Gasteiger partial charge in [0.2, 0.25) is 0 Å². The SMILES string of the molecule is CNc1c(-c2c(Cl)cccc2Cl)noc1C. The lowest BCUT2D eigenvalue weighted by atomic mass is 10.1. The standard InChI is InChI=1S/C11H10Cl2N2O/c1-6-10(14-2)11(15-16-6)9-7(12)4-3-5-8(9)13/h3-5,14H,1-2H3. The van der Waals surface area contributed by atoms with Gasteiger partial charge in [-0.1, -0.05) is 34.4 Å². The van der Waals surface area contributed by atoms with Crippen molar-refractivity contribution in [3.63, 3.8) is 0 Å². The molecule has 16 heavy (non-hydrogen) atoms. The molecule has 1 heterocycles. The van der Waals surface area contributed by atoms with Crippen molar-refractivity contribution < 1.29 is 4.52 Å². The van der Waals surface area contributed by atoms with Gasteiger partial charge in [0.25, 0.3) is 0 Å². The quantitative estimate of drug-likeness (QED) is 0.883. The smallest absolute Gasteiger partial charge is 0.157 e. The van der Waals surface area contributed by atoms with E-state index in [-0.39, 0.29) is 0 Å². The minimum atomic E-state index is 0.553. The highest BCUT2D eigenvalue weighted by atomic mass is 35.5. The Balaban J connectivity index is 2.67. The summed E-state index contributed by atoms with van der Waals surface area (Å²) in [6.07, 6.45) is 0. The zero-order valence-corrected chi connectivity index (χ0v) is 10.4. The Morgan fingerprint density at radius 1 is 1.25 bits per heavy atom. The maximum absolute atomic E-state index is 6.11. The van der Waals surface area contributed by atoms with Crippen molar-refractivity contribution in [1.29, 1.82) is 0 Å². The summed E-state index contributed by atoms with van der Waals surface area (Å²) in [6, 6.07) is 5.33. The Hall–Kier alpha value is -1.19. The van der Waals surface area contributed by atoms with Crippen LogP contribution in [0.25, 0.3) is 11.3 Å². The van der Waals surface area contributed by atoms with Gasteiger partial charge in [-0.25, -0.2) is 0 Å². The molecule has 0 amide bonds. The summed E-state index contributed by atoms with van der Waals surface area (Å²) in [7, 11) is 1.80. The molecule has 0 saturated carbocycles. The number of hydrogen-bond donors (Lipinski definition) is 1. The Kier molecular flexibility index (Phi) is 3.08. The van der Waals surface area contributed by atoms with Crippen molar-refractivity contribution in [3.05, 3.63) is 34.0 Å². The lowest BCUT2D eigenvalue weighted by molar-refractivity contribution is 0.400. The molecule has 0 aliphatic carbocycles. The van der Waals surface area contributed by atoms with E-state index >= 15 is 0 Å². The lowest BCUT2D eigenvalue weighted by Crippen LogP contribution is -1.92. The average Bonchev–Trinajstić information content (AvgIpc) is 2.59. The van der Waals surface area contributed by atoms with Crippen LogP contribution in [0.15, 0.2) is 22.7 Å². The summed E-state index contributed by atoms with van der Waals surface area (Å²) in [5, 5.41) is 8.10. The maximum Gasteiger partial charge on any atom is 0.157 e. The number of hydrogen-bond acceptors (Lipinski definition) is 3. The summed E-state index contributed by atoms with van der Waals surface area (Å²) < 4.78 is 5.12. The van der Waals surface area contributed by atoms with Gasteiger partial charge in [-0.2, -0.15) is 0 Å². The second kappa shape index (κ2) is 4.36. The predicted octanol–water partition coefficient (Wildman–Crippen LogP) is 4.00. The number of nitrogens with zero attached hydrogens (tertiary/aromatic N) is 1. The molecule has 0 bridgehead atoms. The molecule has 1 aromatic heterocycles. The van der Waals surface area contributed by atoms with Crippen LogP contribution < -0.4 is 5.32 Å². The number of halogens is 2. The van der Waals surface area contributed by atoms with Crippen LogP contribution in [0.3, 0.4) is 0 Å². The number of nitrogens with one attached hydrogen (secondary N) is 1.